The van der Waals surface area contributed by atoms with E-state index in [1.807, 2.05) is 47.3 Å². The number of amides is 1. The van der Waals surface area contributed by atoms with Gasteiger partial charge in [0.1, 0.15) is 5.82 Å². The number of nitrogens with zero attached hydrogens (tertiary/aromatic N) is 1. The van der Waals surface area contributed by atoms with Gasteiger partial charge in [-0.2, -0.15) is 0 Å². The molecule has 3 aromatic rings. The number of rotatable bonds is 4. The molecule has 0 aliphatic heterocycles. The van der Waals surface area contributed by atoms with E-state index in [4.69, 9.17) is 0 Å². The van der Waals surface area contributed by atoms with Gasteiger partial charge < -0.3 is 9.88 Å². The van der Waals surface area contributed by atoms with Crippen LogP contribution in [0.1, 0.15) is 15.9 Å². The molecule has 1 N–H and O–H groups in total. The second kappa shape index (κ2) is 6.26. The van der Waals surface area contributed by atoms with Crippen molar-refractivity contribution in [2.75, 3.05) is 0 Å². The van der Waals surface area contributed by atoms with E-state index < -0.39 is 0 Å². The SMILES string of the molecule is O=C(NCc1ccc(F)cc1)c1cccc(-n2cccc2)c1. The van der Waals surface area contributed by atoms with Gasteiger partial charge in [0.15, 0.2) is 0 Å². The van der Waals surface area contributed by atoms with Crippen molar-refractivity contribution in [3.63, 3.8) is 0 Å². The van der Waals surface area contributed by atoms with Crippen LogP contribution in [0.15, 0.2) is 73.1 Å². The first-order valence-corrected chi connectivity index (χ1v) is 6.98. The van der Waals surface area contributed by atoms with E-state index in [1.54, 1.807) is 18.2 Å². The van der Waals surface area contributed by atoms with Crippen LogP contribution in [-0.4, -0.2) is 10.5 Å². The lowest BCUT2D eigenvalue weighted by Crippen LogP contribution is -2.22. The molecule has 0 aliphatic rings. The molecule has 4 heteroatoms. The average Bonchev–Trinajstić information content (AvgIpc) is 3.09. The first-order valence-electron chi connectivity index (χ1n) is 6.98. The molecule has 0 aliphatic carbocycles. The lowest BCUT2D eigenvalue weighted by atomic mass is 10.1. The lowest BCUT2D eigenvalue weighted by molar-refractivity contribution is 0.0951. The number of halogens is 1. The Balaban J connectivity index is 1.70. The van der Waals surface area contributed by atoms with Gasteiger partial charge in [0.25, 0.3) is 5.91 Å². The van der Waals surface area contributed by atoms with Crippen molar-refractivity contribution in [2.45, 2.75) is 6.54 Å². The van der Waals surface area contributed by atoms with Crippen molar-refractivity contribution >= 4 is 5.91 Å². The van der Waals surface area contributed by atoms with Gasteiger partial charge in [-0.05, 0) is 48.0 Å². The third-order valence-corrected chi connectivity index (χ3v) is 3.38. The summed E-state index contributed by atoms with van der Waals surface area (Å²) in [5.41, 5.74) is 2.38. The summed E-state index contributed by atoms with van der Waals surface area (Å²) in [6.45, 7) is 0.368. The third kappa shape index (κ3) is 3.23. The highest BCUT2D eigenvalue weighted by atomic mass is 19.1. The minimum Gasteiger partial charge on any atom is -0.348 e. The van der Waals surface area contributed by atoms with Crippen LogP contribution in [0.2, 0.25) is 0 Å². The molecular formula is C18H15FN2O. The fourth-order valence-corrected chi connectivity index (χ4v) is 2.20. The maximum Gasteiger partial charge on any atom is 0.251 e. The number of hydrogen-bond donors (Lipinski definition) is 1. The second-order valence-electron chi connectivity index (χ2n) is 4.95. The Morgan fingerprint density at radius 3 is 2.45 bits per heavy atom. The highest BCUT2D eigenvalue weighted by molar-refractivity contribution is 5.94. The lowest BCUT2D eigenvalue weighted by Gasteiger charge is -2.08. The minimum atomic E-state index is -0.283. The Labute approximate surface area is 128 Å². The van der Waals surface area contributed by atoms with Gasteiger partial charge in [-0.1, -0.05) is 18.2 Å². The Kier molecular flexibility index (Phi) is 4.01. The number of aromatic nitrogens is 1. The molecule has 0 saturated carbocycles. The summed E-state index contributed by atoms with van der Waals surface area (Å²) >= 11 is 0. The van der Waals surface area contributed by atoms with Gasteiger partial charge in [0.05, 0.1) is 0 Å². The molecule has 2 aromatic carbocycles. The molecule has 1 amide bonds. The quantitative estimate of drug-likeness (QED) is 0.784. The topological polar surface area (TPSA) is 34.0 Å². The summed E-state index contributed by atoms with van der Waals surface area (Å²) < 4.78 is 14.8. The zero-order chi connectivity index (χ0) is 15.4. The number of carbonyl (C=O) groups is 1. The normalized spacial score (nSPS) is 10.4. The standard InChI is InChI=1S/C18H15FN2O/c19-16-8-6-14(7-9-16)13-20-18(22)15-4-3-5-17(12-15)21-10-1-2-11-21/h1-12H,13H2,(H,20,22). The minimum absolute atomic E-state index is 0.154. The average molecular weight is 294 g/mol. The molecule has 1 aromatic heterocycles. The van der Waals surface area contributed by atoms with Crippen molar-refractivity contribution < 1.29 is 9.18 Å². The maximum absolute atomic E-state index is 12.8. The van der Waals surface area contributed by atoms with Crippen LogP contribution in [0.3, 0.4) is 0 Å². The van der Waals surface area contributed by atoms with Crippen LogP contribution in [0.5, 0.6) is 0 Å². The predicted octanol–water partition coefficient (Wildman–Crippen LogP) is 3.55. The van der Waals surface area contributed by atoms with E-state index in [0.29, 0.717) is 12.1 Å². The summed E-state index contributed by atoms with van der Waals surface area (Å²) in [5, 5.41) is 2.84. The molecule has 3 nitrogen and oxygen atoms in total. The highest BCUT2D eigenvalue weighted by Gasteiger charge is 2.06. The molecule has 0 spiro atoms. The van der Waals surface area contributed by atoms with E-state index in [-0.39, 0.29) is 11.7 Å². The largest absolute Gasteiger partial charge is 0.348 e. The number of benzene rings is 2. The fraction of sp³-hybridized carbons (Fsp3) is 0.0556. The van der Waals surface area contributed by atoms with Crippen LogP contribution in [-0.2, 0) is 6.54 Å². The summed E-state index contributed by atoms with van der Waals surface area (Å²) in [4.78, 5) is 12.2. The summed E-state index contributed by atoms with van der Waals surface area (Å²) in [6, 6.07) is 17.3. The summed E-state index contributed by atoms with van der Waals surface area (Å²) in [6.07, 6.45) is 3.85. The van der Waals surface area contributed by atoms with Crippen LogP contribution in [0, 0.1) is 5.82 Å². The predicted molar refractivity (Wildman–Crippen MR) is 83.3 cm³/mol. The van der Waals surface area contributed by atoms with Gasteiger partial charge in [-0.3, -0.25) is 4.79 Å². The molecule has 0 saturated heterocycles. The Hall–Kier alpha value is -2.88. The summed E-state index contributed by atoms with van der Waals surface area (Å²) in [7, 11) is 0. The molecule has 110 valence electrons. The van der Waals surface area contributed by atoms with Gasteiger partial charge >= 0.3 is 0 Å². The molecule has 3 rings (SSSR count). The van der Waals surface area contributed by atoms with Crippen molar-refractivity contribution in [3.05, 3.63) is 90.0 Å². The first kappa shape index (κ1) is 14.1. The molecular weight excluding hydrogens is 279 g/mol. The second-order valence-corrected chi connectivity index (χ2v) is 4.95. The van der Waals surface area contributed by atoms with Crippen LogP contribution >= 0.6 is 0 Å². The van der Waals surface area contributed by atoms with E-state index in [1.165, 1.54) is 12.1 Å². The molecule has 0 unspecified atom stereocenters. The molecule has 0 atom stereocenters. The number of carbonyl (C=O) groups excluding carboxylic acids is 1. The van der Waals surface area contributed by atoms with Crippen molar-refractivity contribution in [3.8, 4) is 5.69 Å². The Morgan fingerprint density at radius 2 is 1.73 bits per heavy atom. The monoisotopic (exact) mass is 294 g/mol. The van der Waals surface area contributed by atoms with Gasteiger partial charge in [0, 0.05) is 30.2 Å². The number of nitrogens with one attached hydrogen (secondary N) is 1. The van der Waals surface area contributed by atoms with Crippen molar-refractivity contribution in [1.29, 1.82) is 0 Å². The molecule has 0 fully saturated rings. The van der Waals surface area contributed by atoms with Gasteiger partial charge in [0.2, 0.25) is 0 Å². The van der Waals surface area contributed by atoms with E-state index in [2.05, 4.69) is 5.32 Å². The number of hydrogen-bond acceptors (Lipinski definition) is 1. The van der Waals surface area contributed by atoms with Crippen LogP contribution < -0.4 is 5.32 Å². The van der Waals surface area contributed by atoms with Gasteiger partial charge in [-0.25, -0.2) is 4.39 Å². The van der Waals surface area contributed by atoms with Crippen molar-refractivity contribution in [2.24, 2.45) is 0 Å². The zero-order valence-corrected chi connectivity index (χ0v) is 11.9. The van der Waals surface area contributed by atoms with Crippen LogP contribution in [0.4, 0.5) is 4.39 Å². The molecule has 22 heavy (non-hydrogen) atoms. The van der Waals surface area contributed by atoms with E-state index in [0.717, 1.165) is 11.3 Å². The van der Waals surface area contributed by atoms with Gasteiger partial charge in [-0.15, -0.1) is 0 Å². The van der Waals surface area contributed by atoms with E-state index in [9.17, 15) is 9.18 Å². The molecule has 1 heterocycles. The third-order valence-electron chi connectivity index (χ3n) is 3.38. The first-order chi connectivity index (χ1) is 10.7. The van der Waals surface area contributed by atoms with Crippen LogP contribution in [0.25, 0.3) is 5.69 Å². The zero-order valence-electron chi connectivity index (χ0n) is 11.9. The Morgan fingerprint density at radius 1 is 1.00 bits per heavy atom. The Bertz CT molecular complexity index is 764. The summed E-state index contributed by atoms with van der Waals surface area (Å²) in [5.74, 6) is -0.437. The smallest absolute Gasteiger partial charge is 0.251 e. The molecule has 0 bridgehead atoms. The highest BCUT2D eigenvalue weighted by Crippen LogP contribution is 2.11. The van der Waals surface area contributed by atoms with E-state index >= 15 is 0 Å². The van der Waals surface area contributed by atoms with Crippen molar-refractivity contribution in [1.82, 2.24) is 9.88 Å². The fourth-order valence-electron chi connectivity index (χ4n) is 2.20. The maximum atomic E-state index is 12.8. The molecule has 0 radical (unpaired) electrons.